The van der Waals surface area contributed by atoms with E-state index in [9.17, 15) is 9.18 Å². The van der Waals surface area contributed by atoms with Gasteiger partial charge in [-0.05, 0) is 30.3 Å². The number of carbonyl (C=O) groups excluding carboxylic acids is 1. The van der Waals surface area contributed by atoms with Crippen LogP contribution in [0.4, 0.5) is 4.39 Å². The average molecular weight is 432 g/mol. The van der Waals surface area contributed by atoms with Crippen molar-refractivity contribution in [3.8, 4) is 16.9 Å². The number of nitrogens with zero attached hydrogens (tertiary/aromatic N) is 2. The minimum Gasteiger partial charge on any atom is -0.348 e. The van der Waals surface area contributed by atoms with Crippen molar-refractivity contribution in [2.75, 3.05) is 0 Å². The minimum absolute atomic E-state index is 0.182. The van der Waals surface area contributed by atoms with Crippen LogP contribution in [0.5, 0.6) is 0 Å². The van der Waals surface area contributed by atoms with Gasteiger partial charge in [0.05, 0.1) is 16.4 Å². The Labute approximate surface area is 184 Å². The lowest BCUT2D eigenvalue weighted by molar-refractivity contribution is -0.116. The minimum atomic E-state index is -0.480. The summed E-state index contributed by atoms with van der Waals surface area (Å²) in [5.41, 5.74) is 3.70. The van der Waals surface area contributed by atoms with E-state index >= 15 is 0 Å². The van der Waals surface area contributed by atoms with Crippen molar-refractivity contribution in [1.82, 2.24) is 15.1 Å². The van der Waals surface area contributed by atoms with Gasteiger partial charge in [-0.1, -0.05) is 66.2 Å². The Kier molecular flexibility index (Phi) is 6.24. The van der Waals surface area contributed by atoms with Gasteiger partial charge in [-0.2, -0.15) is 5.10 Å². The summed E-state index contributed by atoms with van der Waals surface area (Å²) in [6.45, 7) is 0.269. The van der Waals surface area contributed by atoms with E-state index in [1.807, 2.05) is 66.9 Å². The lowest BCUT2D eigenvalue weighted by atomic mass is 10.1. The van der Waals surface area contributed by atoms with E-state index in [2.05, 4.69) is 5.32 Å². The number of nitrogens with one attached hydrogen (secondary N) is 1. The van der Waals surface area contributed by atoms with E-state index in [1.54, 1.807) is 10.7 Å². The number of amides is 1. The van der Waals surface area contributed by atoms with E-state index in [0.29, 0.717) is 0 Å². The second-order valence-corrected chi connectivity index (χ2v) is 7.24. The summed E-state index contributed by atoms with van der Waals surface area (Å²) in [6.07, 6.45) is 4.54. The average Bonchev–Trinajstić information content (AvgIpc) is 3.23. The van der Waals surface area contributed by atoms with Gasteiger partial charge in [0, 0.05) is 35.5 Å². The molecule has 0 unspecified atom stereocenters. The summed E-state index contributed by atoms with van der Waals surface area (Å²) in [7, 11) is 0. The molecule has 0 aliphatic rings. The molecule has 1 aromatic heterocycles. The lowest BCUT2D eigenvalue weighted by Gasteiger charge is -2.04. The fourth-order valence-electron chi connectivity index (χ4n) is 3.16. The predicted molar refractivity (Wildman–Crippen MR) is 121 cm³/mol. The van der Waals surface area contributed by atoms with Crippen molar-refractivity contribution in [3.05, 3.63) is 113 Å². The third-order valence-electron chi connectivity index (χ3n) is 4.71. The topological polar surface area (TPSA) is 46.9 Å². The first kappa shape index (κ1) is 20.6. The van der Waals surface area contributed by atoms with Gasteiger partial charge < -0.3 is 5.32 Å². The molecule has 0 saturated heterocycles. The summed E-state index contributed by atoms with van der Waals surface area (Å²) in [5, 5.41) is 7.81. The molecule has 0 fully saturated rings. The van der Waals surface area contributed by atoms with E-state index in [-0.39, 0.29) is 23.0 Å². The zero-order chi connectivity index (χ0) is 21.6. The molecule has 1 amide bonds. The zero-order valence-corrected chi connectivity index (χ0v) is 17.3. The van der Waals surface area contributed by atoms with E-state index in [4.69, 9.17) is 16.7 Å². The number of hydrogen-bond donors (Lipinski definition) is 1. The number of aromatic nitrogens is 2. The third-order valence-corrected chi connectivity index (χ3v) is 5.04. The highest BCUT2D eigenvalue weighted by Crippen LogP contribution is 2.24. The predicted octanol–water partition coefficient (Wildman–Crippen LogP) is 5.66. The van der Waals surface area contributed by atoms with E-state index in [0.717, 1.165) is 22.5 Å². The Bertz CT molecular complexity index is 1200. The van der Waals surface area contributed by atoms with Crippen LogP contribution in [0.1, 0.15) is 11.1 Å². The van der Waals surface area contributed by atoms with Crippen molar-refractivity contribution in [2.45, 2.75) is 6.54 Å². The maximum atomic E-state index is 13.9. The van der Waals surface area contributed by atoms with Gasteiger partial charge in [0.25, 0.3) is 0 Å². The molecule has 0 radical (unpaired) electrons. The van der Waals surface area contributed by atoms with Crippen LogP contribution in [-0.4, -0.2) is 15.7 Å². The molecule has 4 nitrogen and oxygen atoms in total. The molecule has 0 atom stereocenters. The number of halogens is 2. The Morgan fingerprint density at radius 3 is 2.42 bits per heavy atom. The Hall–Kier alpha value is -3.70. The quantitative estimate of drug-likeness (QED) is 0.400. The molecule has 0 aliphatic carbocycles. The normalized spacial score (nSPS) is 11.0. The van der Waals surface area contributed by atoms with Gasteiger partial charge in [-0.25, -0.2) is 9.07 Å². The first-order valence-corrected chi connectivity index (χ1v) is 10.1. The highest BCUT2D eigenvalue weighted by molar-refractivity contribution is 6.32. The molecule has 3 aromatic carbocycles. The molecular weight excluding hydrogens is 413 g/mol. The van der Waals surface area contributed by atoms with Crippen LogP contribution in [0, 0.1) is 5.82 Å². The van der Waals surface area contributed by atoms with Crippen molar-refractivity contribution in [3.63, 3.8) is 0 Å². The van der Waals surface area contributed by atoms with E-state index < -0.39 is 5.82 Å². The van der Waals surface area contributed by atoms with Gasteiger partial charge in [0.2, 0.25) is 5.91 Å². The monoisotopic (exact) mass is 431 g/mol. The SMILES string of the molecule is O=C(C=Cc1c(F)cccc1Cl)NCc1cn(-c2ccccc2)nc1-c1ccccc1. The lowest BCUT2D eigenvalue weighted by Crippen LogP contribution is -2.20. The fraction of sp³-hybridized carbons (Fsp3) is 0.0400. The third kappa shape index (κ3) is 4.90. The highest BCUT2D eigenvalue weighted by Gasteiger charge is 2.13. The van der Waals surface area contributed by atoms with Crippen molar-refractivity contribution < 1.29 is 9.18 Å². The van der Waals surface area contributed by atoms with Gasteiger partial charge in [-0.3, -0.25) is 4.79 Å². The largest absolute Gasteiger partial charge is 0.348 e. The summed E-state index contributed by atoms with van der Waals surface area (Å²) in [5.74, 6) is -0.835. The first-order valence-electron chi connectivity index (χ1n) is 9.71. The number of carbonyl (C=O) groups is 1. The van der Waals surface area contributed by atoms with Crippen molar-refractivity contribution in [2.24, 2.45) is 0 Å². The Morgan fingerprint density at radius 1 is 1.00 bits per heavy atom. The molecule has 1 N–H and O–H groups in total. The van der Waals surface area contributed by atoms with Gasteiger partial charge in [0.15, 0.2) is 0 Å². The maximum absolute atomic E-state index is 13.9. The number of hydrogen-bond acceptors (Lipinski definition) is 2. The summed E-state index contributed by atoms with van der Waals surface area (Å²) >= 11 is 6.00. The molecule has 0 aliphatic heterocycles. The van der Waals surface area contributed by atoms with Crippen LogP contribution in [0.2, 0.25) is 5.02 Å². The highest BCUT2D eigenvalue weighted by atomic mass is 35.5. The molecular formula is C25H19ClFN3O. The second-order valence-electron chi connectivity index (χ2n) is 6.84. The molecule has 31 heavy (non-hydrogen) atoms. The van der Waals surface area contributed by atoms with Crippen LogP contribution in [0.15, 0.2) is 91.1 Å². The van der Waals surface area contributed by atoms with Gasteiger partial charge in [0.1, 0.15) is 5.82 Å². The van der Waals surface area contributed by atoms with Crippen molar-refractivity contribution in [1.29, 1.82) is 0 Å². The molecule has 4 rings (SSSR count). The molecule has 4 aromatic rings. The molecule has 154 valence electrons. The fourth-order valence-corrected chi connectivity index (χ4v) is 3.39. The second kappa shape index (κ2) is 9.41. The molecule has 1 heterocycles. The van der Waals surface area contributed by atoms with Crippen LogP contribution in [0.3, 0.4) is 0 Å². The molecule has 6 heteroatoms. The number of rotatable bonds is 6. The molecule has 0 bridgehead atoms. The van der Waals surface area contributed by atoms with Crippen LogP contribution >= 0.6 is 11.6 Å². The first-order chi connectivity index (χ1) is 15.1. The maximum Gasteiger partial charge on any atom is 0.244 e. The molecule has 0 saturated carbocycles. The number of para-hydroxylation sites is 1. The summed E-state index contributed by atoms with van der Waals surface area (Å²) < 4.78 is 15.7. The van der Waals surface area contributed by atoms with Crippen LogP contribution in [0.25, 0.3) is 23.0 Å². The summed E-state index contributed by atoms with van der Waals surface area (Å²) in [4.78, 5) is 12.3. The molecule has 0 spiro atoms. The number of benzene rings is 3. The Balaban J connectivity index is 1.55. The van der Waals surface area contributed by atoms with Gasteiger partial charge in [-0.15, -0.1) is 0 Å². The summed E-state index contributed by atoms with van der Waals surface area (Å²) in [6, 6.07) is 23.9. The Morgan fingerprint density at radius 2 is 1.71 bits per heavy atom. The van der Waals surface area contributed by atoms with E-state index in [1.165, 1.54) is 24.3 Å². The standard InChI is InChI=1S/C25H19ClFN3O/c26-22-12-7-13-23(27)21(22)14-15-24(31)28-16-19-17-30(20-10-5-2-6-11-20)29-25(19)18-8-3-1-4-9-18/h1-15,17H,16H2,(H,28,31). The van der Waals surface area contributed by atoms with Crippen LogP contribution < -0.4 is 5.32 Å². The zero-order valence-electron chi connectivity index (χ0n) is 16.5. The van der Waals surface area contributed by atoms with Crippen molar-refractivity contribution >= 4 is 23.6 Å². The smallest absolute Gasteiger partial charge is 0.244 e. The van der Waals surface area contributed by atoms with Gasteiger partial charge >= 0.3 is 0 Å². The van der Waals surface area contributed by atoms with Crippen LogP contribution in [-0.2, 0) is 11.3 Å².